The van der Waals surface area contributed by atoms with Gasteiger partial charge in [0, 0.05) is 30.7 Å². The second-order valence-corrected chi connectivity index (χ2v) is 11.8. The van der Waals surface area contributed by atoms with Crippen LogP contribution in [0.25, 0.3) is 22.3 Å². The SMILES string of the molecule is CN(NS(=O)(=O)Cc1ccc2c(c1)CCOB2O)C(=O)c1c(-c2ccc(F)cc2)cc2coc(C3CC3)cc1-2. The van der Waals surface area contributed by atoms with Gasteiger partial charge in [-0.15, -0.1) is 4.83 Å². The molecule has 2 N–H and O–H groups in total. The van der Waals surface area contributed by atoms with Crippen LogP contribution in [0.5, 0.6) is 0 Å². The Hall–Kier alpha value is -3.51. The predicted octanol–water partition coefficient (Wildman–Crippen LogP) is 3.43. The Bertz CT molecular complexity index is 1630. The lowest BCUT2D eigenvalue weighted by atomic mass is 9.73. The number of amides is 1. The third-order valence-corrected chi connectivity index (χ3v) is 8.43. The minimum atomic E-state index is -3.96. The van der Waals surface area contributed by atoms with E-state index in [4.69, 9.17) is 9.07 Å². The highest BCUT2D eigenvalue weighted by atomic mass is 32.2. The molecule has 0 aromatic heterocycles. The fourth-order valence-electron chi connectivity index (χ4n) is 5.07. The van der Waals surface area contributed by atoms with Gasteiger partial charge in [-0.25, -0.2) is 12.8 Å². The van der Waals surface area contributed by atoms with E-state index in [1.807, 2.05) is 6.07 Å². The fourth-order valence-corrected chi connectivity index (χ4v) is 6.25. The molecule has 0 saturated heterocycles. The summed E-state index contributed by atoms with van der Waals surface area (Å²) in [5.74, 6) is -0.220. The molecule has 2 aliphatic heterocycles. The molecule has 2 aromatic rings. The van der Waals surface area contributed by atoms with Crippen LogP contribution in [0.15, 0.2) is 65.3 Å². The van der Waals surface area contributed by atoms with Crippen molar-refractivity contribution in [2.75, 3.05) is 13.7 Å². The maximum absolute atomic E-state index is 13.8. The number of nitrogens with zero attached hydrogens (tertiary/aromatic N) is 1. The van der Waals surface area contributed by atoms with Gasteiger partial charge in [-0.1, -0.05) is 30.3 Å². The molecule has 2 heterocycles. The van der Waals surface area contributed by atoms with Crippen LogP contribution < -0.4 is 10.3 Å². The maximum Gasteiger partial charge on any atom is 0.491 e. The van der Waals surface area contributed by atoms with Gasteiger partial charge in [0.15, 0.2) is 0 Å². The van der Waals surface area contributed by atoms with Gasteiger partial charge in [-0.05, 0) is 71.2 Å². The number of sulfonamides is 1. The van der Waals surface area contributed by atoms with Crippen molar-refractivity contribution in [3.63, 3.8) is 0 Å². The second kappa shape index (κ2) is 9.91. The summed E-state index contributed by atoms with van der Waals surface area (Å²) < 4.78 is 50.8. The third-order valence-electron chi connectivity index (χ3n) is 7.16. The normalized spacial score (nSPS) is 15.4. The van der Waals surface area contributed by atoms with E-state index in [0.717, 1.165) is 29.2 Å². The van der Waals surface area contributed by atoms with Gasteiger partial charge >= 0.3 is 7.12 Å². The number of fused-ring (bicyclic) bond motifs is 2. The van der Waals surface area contributed by atoms with Crippen molar-refractivity contribution in [1.29, 1.82) is 0 Å². The zero-order valence-electron chi connectivity index (χ0n) is 21.2. The molecule has 2 aliphatic carbocycles. The van der Waals surface area contributed by atoms with Gasteiger partial charge in [0.05, 0.1) is 17.6 Å². The minimum Gasteiger partial charge on any atom is -0.468 e. The standard InChI is InChI=1S/C28H26BFN2O6S/c1-32(31-39(35,36)16-17-2-9-25-20(12-17)10-11-38-29(25)34)28(33)27-23(18-5-7-22(30)8-6-18)13-21-15-37-26(14-24(21)27)19-3-4-19/h2,5-9,12-15,19,31,34H,3-4,10-11,16H2,1H3. The van der Waals surface area contributed by atoms with Crippen molar-refractivity contribution in [2.24, 2.45) is 0 Å². The monoisotopic (exact) mass is 548 g/mol. The minimum absolute atomic E-state index is 0.307. The van der Waals surface area contributed by atoms with E-state index in [2.05, 4.69) is 4.83 Å². The van der Waals surface area contributed by atoms with Crippen molar-refractivity contribution in [3.8, 4) is 22.3 Å². The number of hydrogen-bond acceptors (Lipinski definition) is 6. The molecule has 8 nitrogen and oxygen atoms in total. The lowest BCUT2D eigenvalue weighted by Crippen LogP contribution is -2.44. The average Bonchev–Trinajstić information content (AvgIpc) is 3.68. The van der Waals surface area contributed by atoms with E-state index in [-0.39, 0.29) is 5.75 Å². The summed E-state index contributed by atoms with van der Waals surface area (Å²) in [5, 5.41) is 10.9. The number of benzene rings is 2. The summed E-state index contributed by atoms with van der Waals surface area (Å²) in [6.45, 7) is 0.347. The topological polar surface area (TPSA) is 109 Å². The quantitative estimate of drug-likeness (QED) is 0.271. The van der Waals surface area contributed by atoms with E-state index in [9.17, 15) is 22.6 Å². The van der Waals surface area contributed by atoms with Crippen LogP contribution in [0.1, 0.15) is 46.0 Å². The number of rotatable bonds is 7. The molecule has 0 bridgehead atoms. The molecular formula is C28H26BFN2O6S. The number of carbonyl (C=O) groups is 1. The Morgan fingerprint density at radius 3 is 2.59 bits per heavy atom. The highest BCUT2D eigenvalue weighted by Gasteiger charge is 2.32. The molecule has 6 rings (SSSR count). The highest BCUT2D eigenvalue weighted by Crippen LogP contribution is 2.45. The van der Waals surface area contributed by atoms with Crippen LogP contribution >= 0.6 is 0 Å². The van der Waals surface area contributed by atoms with Gasteiger partial charge < -0.3 is 14.1 Å². The summed E-state index contributed by atoms with van der Waals surface area (Å²) in [6, 6.07) is 14.5. The lowest BCUT2D eigenvalue weighted by Gasteiger charge is -2.21. The van der Waals surface area contributed by atoms with Crippen molar-refractivity contribution in [3.05, 3.63) is 89.1 Å². The zero-order chi connectivity index (χ0) is 27.3. The number of nitrogens with one attached hydrogen (secondary N) is 1. The van der Waals surface area contributed by atoms with Crippen LogP contribution in [0.3, 0.4) is 0 Å². The molecule has 11 heteroatoms. The Labute approximate surface area is 225 Å². The predicted molar refractivity (Wildman–Crippen MR) is 144 cm³/mol. The Kier molecular flexibility index (Phi) is 6.54. The summed E-state index contributed by atoms with van der Waals surface area (Å²) in [5.41, 5.74) is 4.80. The van der Waals surface area contributed by atoms with Crippen LogP contribution in [0, 0.1) is 5.82 Å². The fraction of sp³-hybridized carbons (Fsp3) is 0.250. The first-order valence-electron chi connectivity index (χ1n) is 12.7. The zero-order valence-corrected chi connectivity index (χ0v) is 22.0. The third kappa shape index (κ3) is 5.22. The maximum atomic E-state index is 13.8. The molecule has 0 unspecified atom stereocenters. The lowest BCUT2D eigenvalue weighted by molar-refractivity contribution is 0.0766. The van der Waals surface area contributed by atoms with Crippen molar-refractivity contribution >= 4 is 28.5 Å². The summed E-state index contributed by atoms with van der Waals surface area (Å²) in [6.07, 6.45) is 4.20. The van der Waals surface area contributed by atoms with Gasteiger partial charge in [-0.2, -0.15) is 0 Å². The van der Waals surface area contributed by atoms with E-state index in [1.165, 1.54) is 19.2 Å². The first-order chi connectivity index (χ1) is 18.7. The summed E-state index contributed by atoms with van der Waals surface area (Å²) in [4.78, 5) is 16.2. The molecular weight excluding hydrogens is 522 g/mol. The molecule has 1 fully saturated rings. The molecule has 1 saturated carbocycles. The number of halogens is 1. The summed E-state index contributed by atoms with van der Waals surface area (Å²) >= 11 is 0. The molecule has 0 radical (unpaired) electrons. The van der Waals surface area contributed by atoms with Crippen molar-refractivity contribution in [2.45, 2.75) is 30.9 Å². The highest BCUT2D eigenvalue weighted by molar-refractivity contribution is 7.88. The van der Waals surface area contributed by atoms with Crippen molar-refractivity contribution in [1.82, 2.24) is 9.84 Å². The van der Waals surface area contributed by atoms with Crippen LogP contribution in [0.2, 0.25) is 0 Å². The smallest absolute Gasteiger partial charge is 0.468 e. The van der Waals surface area contributed by atoms with Gasteiger partial charge in [0.1, 0.15) is 11.6 Å². The van der Waals surface area contributed by atoms with E-state index < -0.39 is 28.9 Å². The largest absolute Gasteiger partial charge is 0.491 e. The van der Waals surface area contributed by atoms with Crippen molar-refractivity contribution < 1.29 is 31.7 Å². The molecule has 0 atom stereocenters. The average molecular weight is 548 g/mol. The molecule has 39 heavy (non-hydrogen) atoms. The Morgan fingerprint density at radius 2 is 1.85 bits per heavy atom. The molecule has 4 aliphatic rings. The molecule has 0 spiro atoms. The van der Waals surface area contributed by atoms with Gasteiger partial charge in [0.2, 0.25) is 10.0 Å². The number of hydrogen-bond donors (Lipinski definition) is 2. The summed E-state index contributed by atoms with van der Waals surface area (Å²) in [7, 11) is -3.62. The van der Waals surface area contributed by atoms with Crippen LogP contribution in [-0.2, 0) is 26.9 Å². The van der Waals surface area contributed by atoms with E-state index in [0.29, 0.717) is 57.8 Å². The molecule has 2 aromatic carbocycles. The Balaban J connectivity index is 1.29. The second-order valence-electron chi connectivity index (χ2n) is 10.1. The van der Waals surface area contributed by atoms with E-state index >= 15 is 0 Å². The molecule has 1 amide bonds. The van der Waals surface area contributed by atoms with Gasteiger partial charge in [0.25, 0.3) is 5.91 Å². The first-order valence-corrected chi connectivity index (χ1v) is 14.3. The molecule has 200 valence electrons. The van der Waals surface area contributed by atoms with Gasteiger partial charge in [-0.3, -0.25) is 9.80 Å². The van der Waals surface area contributed by atoms with Crippen LogP contribution in [-0.4, -0.2) is 45.1 Å². The van der Waals surface area contributed by atoms with Crippen LogP contribution in [0.4, 0.5) is 4.39 Å². The number of hydrazine groups is 1. The number of carbonyl (C=O) groups excluding carboxylic acids is 1. The first kappa shape index (κ1) is 25.8. The van der Waals surface area contributed by atoms with E-state index in [1.54, 1.807) is 42.7 Å². The Morgan fingerprint density at radius 1 is 1.10 bits per heavy atom.